The third-order valence-corrected chi connectivity index (χ3v) is 6.08. The molecule has 3 aromatic carbocycles. The van der Waals surface area contributed by atoms with Crippen LogP contribution >= 0.6 is 11.8 Å². The Morgan fingerprint density at radius 3 is 2.44 bits per heavy atom. The van der Waals surface area contributed by atoms with Crippen molar-refractivity contribution in [3.05, 3.63) is 106 Å². The Morgan fingerprint density at radius 2 is 1.78 bits per heavy atom. The summed E-state index contributed by atoms with van der Waals surface area (Å²) in [7, 11) is 0. The SMILES string of the molecule is CC(NC(=O)Nc1cccc(F)c1)c1nnc(SCc2ccc(F)cc2)n1-c1ccc([N+](=O)[O-])cc1. The number of amides is 2. The third-order valence-electron chi connectivity index (χ3n) is 5.08. The van der Waals surface area contributed by atoms with E-state index in [0.29, 0.717) is 22.4 Å². The number of anilines is 1. The van der Waals surface area contributed by atoms with Gasteiger partial charge in [-0.1, -0.05) is 30.0 Å². The summed E-state index contributed by atoms with van der Waals surface area (Å²) in [5.41, 5.74) is 1.63. The minimum atomic E-state index is -0.638. The smallest absolute Gasteiger partial charge is 0.319 e. The van der Waals surface area contributed by atoms with E-state index in [1.54, 1.807) is 41.8 Å². The minimum absolute atomic E-state index is 0.0745. The second kappa shape index (κ2) is 11.0. The lowest BCUT2D eigenvalue weighted by atomic mass is 10.2. The van der Waals surface area contributed by atoms with Gasteiger partial charge in [-0.2, -0.15) is 0 Å². The first kappa shape index (κ1) is 24.8. The average molecular weight is 511 g/mol. The van der Waals surface area contributed by atoms with Crippen LogP contribution in [0.25, 0.3) is 5.69 Å². The fourth-order valence-corrected chi connectivity index (χ4v) is 4.26. The molecule has 0 saturated heterocycles. The van der Waals surface area contributed by atoms with Crippen LogP contribution in [0.2, 0.25) is 0 Å². The summed E-state index contributed by atoms with van der Waals surface area (Å²) in [4.78, 5) is 23.1. The highest BCUT2D eigenvalue weighted by Gasteiger charge is 2.22. The number of benzene rings is 3. The summed E-state index contributed by atoms with van der Waals surface area (Å²) in [6, 6.07) is 16.2. The zero-order valence-corrected chi connectivity index (χ0v) is 19.7. The molecule has 1 aromatic heterocycles. The normalized spacial score (nSPS) is 11.6. The van der Waals surface area contributed by atoms with Crippen molar-refractivity contribution in [2.45, 2.75) is 23.9 Å². The van der Waals surface area contributed by atoms with E-state index in [1.165, 1.54) is 54.2 Å². The second-order valence-electron chi connectivity index (χ2n) is 7.70. The molecule has 0 spiro atoms. The molecule has 9 nitrogen and oxygen atoms in total. The van der Waals surface area contributed by atoms with Crippen molar-refractivity contribution in [3.63, 3.8) is 0 Å². The first-order valence-electron chi connectivity index (χ1n) is 10.7. The number of hydrogen-bond acceptors (Lipinski definition) is 6. The second-order valence-corrected chi connectivity index (χ2v) is 8.64. The summed E-state index contributed by atoms with van der Waals surface area (Å²) < 4.78 is 28.4. The number of nitro benzene ring substituents is 1. The molecule has 2 N–H and O–H groups in total. The summed E-state index contributed by atoms with van der Waals surface area (Å²) in [6.45, 7) is 1.70. The number of urea groups is 1. The van der Waals surface area contributed by atoms with Gasteiger partial charge >= 0.3 is 6.03 Å². The van der Waals surface area contributed by atoms with Crippen molar-refractivity contribution in [2.24, 2.45) is 0 Å². The van der Waals surface area contributed by atoms with Crippen LogP contribution in [0.4, 0.5) is 25.0 Å². The van der Waals surface area contributed by atoms with E-state index in [4.69, 9.17) is 0 Å². The predicted molar refractivity (Wildman–Crippen MR) is 131 cm³/mol. The van der Waals surface area contributed by atoms with Gasteiger partial charge in [0.25, 0.3) is 5.69 Å². The number of hydrogen-bond donors (Lipinski definition) is 2. The number of carbonyl (C=O) groups is 1. The van der Waals surface area contributed by atoms with E-state index in [0.717, 1.165) is 5.56 Å². The number of rotatable bonds is 8. The van der Waals surface area contributed by atoms with E-state index in [9.17, 15) is 23.7 Å². The number of halogens is 2. The molecular weight excluding hydrogens is 490 g/mol. The number of nitro groups is 1. The zero-order chi connectivity index (χ0) is 25.7. The molecule has 4 rings (SSSR count). The molecule has 0 bridgehead atoms. The number of nitrogens with one attached hydrogen (secondary N) is 2. The number of thioether (sulfide) groups is 1. The van der Waals surface area contributed by atoms with Crippen molar-refractivity contribution >= 4 is 29.2 Å². The standard InChI is InChI=1S/C24H20F2N6O3S/c1-15(27-23(33)28-19-4-2-3-18(26)13-19)22-29-30-24(36-14-16-5-7-17(25)8-6-16)31(22)20-9-11-21(12-10-20)32(34)35/h2-13,15H,14H2,1H3,(H2,27,28,33). The maximum Gasteiger partial charge on any atom is 0.319 e. The van der Waals surface area contributed by atoms with Gasteiger partial charge in [0.1, 0.15) is 11.6 Å². The molecule has 0 fully saturated rings. The molecule has 1 unspecified atom stereocenters. The molecule has 0 radical (unpaired) electrons. The van der Waals surface area contributed by atoms with Crippen molar-refractivity contribution in [1.82, 2.24) is 20.1 Å². The topological polar surface area (TPSA) is 115 Å². The highest BCUT2D eigenvalue weighted by Crippen LogP contribution is 2.28. The van der Waals surface area contributed by atoms with Crippen LogP contribution in [-0.2, 0) is 5.75 Å². The summed E-state index contributed by atoms with van der Waals surface area (Å²) >= 11 is 1.34. The van der Waals surface area contributed by atoms with Crippen LogP contribution in [0.1, 0.15) is 24.4 Å². The van der Waals surface area contributed by atoms with E-state index < -0.39 is 22.8 Å². The molecule has 184 valence electrons. The maximum atomic E-state index is 13.4. The van der Waals surface area contributed by atoms with Crippen molar-refractivity contribution in [2.75, 3.05) is 5.32 Å². The maximum absolute atomic E-state index is 13.4. The van der Waals surface area contributed by atoms with Crippen LogP contribution in [0.5, 0.6) is 0 Å². The lowest BCUT2D eigenvalue weighted by Crippen LogP contribution is -2.32. The monoisotopic (exact) mass is 510 g/mol. The first-order valence-corrected chi connectivity index (χ1v) is 11.7. The van der Waals surface area contributed by atoms with E-state index in [1.807, 2.05) is 0 Å². The van der Waals surface area contributed by atoms with Crippen LogP contribution in [0, 0.1) is 21.7 Å². The summed E-state index contributed by atoms with van der Waals surface area (Å²) in [5.74, 6) is 0.0192. The molecule has 0 aliphatic rings. The molecule has 1 atom stereocenters. The van der Waals surface area contributed by atoms with Gasteiger partial charge in [-0.15, -0.1) is 10.2 Å². The molecule has 12 heteroatoms. The fraction of sp³-hybridized carbons (Fsp3) is 0.125. The zero-order valence-electron chi connectivity index (χ0n) is 18.9. The molecule has 0 saturated carbocycles. The van der Waals surface area contributed by atoms with Gasteiger partial charge < -0.3 is 10.6 Å². The molecule has 36 heavy (non-hydrogen) atoms. The van der Waals surface area contributed by atoms with Crippen molar-refractivity contribution < 1.29 is 18.5 Å². The summed E-state index contributed by atoms with van der Waals surface area (Å²) in [6.07, 6.45) is 0. The number of nitrogens with zero attached hydrogens (tertiary/aromatic N) is 4. The molecule has 0 aliphatic heterocycles. The lowest BCUT2D eigenvalue weighted by Gasteiger charge is -2.17. The van der Waals surface area contributed by atoms with Gasteiger partial charge in [0.15, 0.2) is 11.0 Å². The Labute approximate surface area is 208 Å². The fourth-order valence-electron chi connectivity index (χ4n) is 3.34. The van der Waals surface area contributed by atoms with Crippen LogP contribution < -0.4 is 10.6 Å². The minimum Gasteiger partial charge on any atom is -0.328 e. The third kappa shape index (κ3) is 6.02. The van der Waals surface area contributed by atoms with Crippen molar-refractivity contribution in [3.8, 4) is 5.69 Å². The number of non-ortho nitro benzene ring substituents is 1. The largest absolute Gasteiger partial charge is 0.328 e. The molecule has 4 aromatic rings. The van der Waals surface area contributed by atoms with Gasteiger partial charge in [-0.05, 0) is 55.0 Å². The van der Waals surface area contributed by atoms with E-state index in [2.05, 4.69) is 20.8 Å². The number of carbonyl (C=O) groups excluding carboxylic acids is 1. The van der Waals surface area contributed by atoms with Crippen molar-refractivity contribution in [1.29, 1.82) is 0 Å². The molecule has 2 amide bonds. The average Bonchev–Trinajstić information content (AvgIpc) is 3.28. The Hall–Kier alpha value is -4.32. The van der Waals surface area contributed by atoms with Gasteiger partial charge in [0.2, 0.25) is 0 Å². The first-order chi connectivity index (χ1) is 17.3. The number of aromatic nitrogens is 3. The summed E-state index contributed by atoms with van der Waals surface area (Å²) in [5, 5.41) is 25.4. The molecule has 0 aliphatic carbocycles. The van der Waals surface area contributed by atoms with Gasteiger partial charge in [-0.3, -0.25) is 14.7 Å². The highest BCUT2D eigenvalue weighted by molar-refractivity contribution is 7.98. The van der Waals surface area contributed by atoms with Gasteiger partial charge in [0.05, 0.1) is 11.0 Å². The Bertz CT molecular complexity index is 1380. The Kier molecular flexibility index (Phi) is 7.54. The van der Waals surface area contributed by atoms with Gasteiger partial charge in [0, 0.05) is 29.3 Å². The molecular formula is C24H20F2N6O3S. The Morgan fingerprint density at radius 1 is 1.06 bits per heavy atom. The molecule has 1 heterocycles. The van der Waals surface area contributed by atoms with Gasteiger partial charge in [-0.25, -0.2) is 13.6 Å². The Balaban J connectivity index is 1.59. The lowest BCUT2D eigenvalue weighted by molar-refractivity contribution is -0.384. The quantitative estimate of drug-likeness (QED) is 0.180. The van der Waals surface area contributed by atoms with Crippen LogP contribution in [-0.4, -0.2) is 25.7 Å². The van der Waals surface area contributed by atoms with E-state index in [-0.39, 0.29) is 17.2 Å². The van der Waals surface area contributed by atoms with E-state index >= 15 is 0 Å². The van der Waals surface area contributed by atoms with Crippen LogP contribution in [0.3, 0.4) is 0 Å². The van der Waals surface area contributed by atoms with Crippen LogP contribution in [0.15, 0.2) is 78.0 Å². The highest BCUT2D eigenvalue weighted by atomic mass is 32.2. The predicted octanol–water partition coefficient (Wildman–Crippen LogP) is 5.63.